The van der Waals surface area contributed by atoms with Crippen molar-refractivity contribution in [1.82, 2.24) is 15.0 Å². The maximum Gasteiger partial charge on any atom is 0.433 e. The molecule has 29 heavy (non-hydrogen) atoms. The molecular formula is C21H15F3N4S. The zero-order valence-electron chi connectivity index (χ0n) is 15.1. The van der Waals surface area contributed by atoms with Gasteiger partial charge in [0.05, 0.1) is 15.9 Å². The number of anilines is 2. The van der Waals surface area contributed by atoms with Gasteiger partial charge in [0.2, 0.25) is 5.95 Å². The Balaban J connectivity index is 1.88. The predicted molar refractivity (Wildman–Crippen MR) is 109 cm³/mol. The number of alkyl halides is 3. The van der Waals surface area contributed by atoms with Gasteiger partial charge >= 0.3 is 6.18 Å². The van der Waals surface area contributed by atoms with E-state index in [0.29, 0.717) is 10.7 Å². The summed E-state index contributed by atoms with van der Waals surface area (Å²) < 4.78 is 41.5. The highest BCUT2D eigenvalue weighted by Crippen LogP contribution is 2.35. The molecule has 0 saturated carbocycles. The smallest absolute Gasteiger partial charge is 0.282 e. The second-order valence-electron chi connectivity index (χ2n) is 6.17. The molecule has 0 bridgehead atoms. The van der Waals surface area contributed by atoms with Gasteiger partial charge in [0.25, 0.3) is 0 Å². The normalized spacial score (nSPS) is 11.6. The lowest BCUT2D eigenvalue weighted by Crippen LogP contribution is -2.21. The summed E-state index contributed by atoms with van der Waals surface area (Å²) >= 11 is 1.36. The molecule has 4 aromatic rings. The van der Waals surface area contributed by atoms with Gasteiger partial charge in [-0.1, -0.05) is 59.9 Å². The Morgan fingerprint density at radius 3 is 2.38 bits per heavy atom. The molecular weight excluding hydrogens is 397 g/mol. The van der Waals surface area contributed by atoms with E-state index >= 15 is 0 Å². The molecule has 8 heteroatoms. The van der Waals surface area contributed by atoms with Crippen molar-refractivity contribution in [3.63, 3.8) is 0 Å². The maximum absolute atomic E-state index is 13.5. The largest absolute Gasteiger partial charge is 0.433 e. The van der Waals surface area contributed by atoms with Crippen molar-refractivity contribution in [3.05, 3.63) is 79.0 Å². The number of hydrogen-bond donors (Lipinski definition) is 0. The van der Waals surface area contributed by atoms with Crippen LogP contribution in [-0.2, 0) is 6.18 Å². The number of fused-ring (bicyclic) bond motifs is 1. The third kappa shape index (κ3) is 3.97. The highest BCUT2D eigenvalue weighted by Gasteiger charge is 2.34. The van der Waals surface area contributed by atoms with Gasteiger partial charge in [-0.25, -0.2) is 15.0 Å². The van der Waals surface area contributed by atoms with E-state index in [1.54, 1.807) is 41.3 Å². The maximum atomic E-state index is 13.5. The predicted octanol–water partition coefficient (Wildman–Crippen LogP) is 6.10. The summed E-state index contributed by atoms with van der Waals surface area (Å²) in [5, 5.41) is 0.504. The minimum absolute atomic E-state index is 0.0716. The molecule has 0 unspecified atom stereocenters. The van der Waals surface area contributed by atoms with Crippen LogP contribution >= 0.6 is 11.3 Å². The van der Waals surface area contributed by atoms with Crippen molar-refractivity contribution in [2.75, 3.05) is 11.4 Å². The van der Waals surface area contributed by atoms with Gasteiger partial charge in [-0.3, -0.25) is 4.90 Å². The summed E-state index contributed by atoms with van der Waals surface area (Å²) in [6, 6.07) is 17.2. The highest BCUT2D eigenvalue weighted by atomic mass is 32.1. The van der Waals surface area contributed by atoms with E-state index in [9.17, 15) is 13.2 Å². The summed E-state index contributed by atoms with van der Waals surface area (Å²) in [6.07, 6.45) is -3.02. The Bertz CT molecular complexity index is 1120. The van der Waals surface area contributed by atoms with Gasteiger partial charge in [0, 0.05) is 12.1 Å². The summed E-state index contributed by atoms with van der Waals surface area (Å²) in [4.78, 5) is 14.3. The zero-order valence-corrected chi connectivity index (χ0v) is 15.9. The Labute approximate surface area is 169 Å². The van der Waals surface area contributed by atoms with Crippen molar-refractivity contribution in [1.29, 1.82) is 0 Å². The summed E-state index contributed by atoms with van der Waals surface area (Å²) in [5.74, 6) is -0.0716. The number of benzene rings is 2. The van der Waals surface area contributed by atoms with Crippen LogP contribution in [0.5, 0.6) is 0 Å². The summed E-state index contributed by atoms with van der Waals surface area (Å²) in [6.45, 7) is 3.93. The van der Waals surface area contributed by atoms with E-state index in [0.717, 1.165) is 16.3 Å². The monoisotopic (exact) mass is 412 g/mol. The van der Waals surface area contributed by atoms with Crippen LogP contribution in [-0.4, -0.2) is 21.5 Å². The summed E-state index contributed by atoms with van der Waals surface area (Å²) in [7, 11) is 0. The zero-order chi connectivity index (χ0) is 20.4. The molecule has 2 heterocycles. The second kappa shape index (κ2) is 7.63. The lowest BCUT2D eigenvalue weighted by atomic mass is 10.1. The third-order valence-corrected chi connectivity index (χ3v) is 5.20. The number of aromatic nitrogens is 3. The molecule has 4 rings (SSSR count). The minimum atomic E-state index is -4.60. The van der Waals surface area contributed by atoms with E-state index in [1.807, 2.05) is 24.3 Å². The molecule has 146 valence electrons. The Hall–Kier alpha value is -3.26. The van der Waals surface area contributed by atoms with Crippen LogP contribution in [0, 0.1) is 0 Å². The fourth-order valence-corrected chi connectivity index (χ4v) is 3.78. The number of halogens is 3. The molecule has 0 spiro atoms. The number of para-hydroxylation sites is 1. The Morgan fingerprint density at radius 2 is 1.69 bits per heavy atom. The van der Waals surface area contributed by atoms with Gasteiger partial charge in [-0.2, -0.15) is 13.2 Å². The van der Waals surface area contributed by atoms with Crippen molar-refractivity contribution in [3.8, 4) is 11.3 Å². The van der Waals surface area contributed by atoms with E-state index in [1.165, 1.54) is 11.3 Å². The molecule has 2 aromatic carbocycles. The third-order valence-electron chi connectivity index (χ3n) is 4.14. The fourth-order valence-electron chi connectivity index (χ4n) is 2.81. The van der Waals surface area contributed by atoms with Crippen LogP contribution in [0.4, 0.5) is 24.3 Å². The average Bonchev–Trinajstić information content (AvgIpc) is 3.15. The summed E-state index contributed by atoms with van der Waals surface area (Å²) in [5.41, 5.74) is 0.524. The van der Waals surface area contributed by atoms with Gasteiger partial charge in [-0.05, 0) is 18.2 Å². The topological polar surface area (TPSA) is 41.9 Å². The number of thiazole rings is 1. The van der Waals surface area contributed by atoms with Crippen molar-refractivity contribution in [2.45, 2.75) is 6.18 Å². The van der Waals surface area contributed by atoms with E-state index < -0.39 is 11.9 Å². The number of rotatable bonds is 5. The first-order valence-corrected chi connectivity index (χ1v) is 9.53. The number of hydrogen-bond acceptors (Lipinski definition) is 5. The first kappa shape index (κ1) is 19.1. The molecule has 0 amide bonds. The van der Waals surface area contributed by atoms with Crippen molar-refractivity contribution >= 4 is 32.6 Å². The van der Waals surface area contributed by atoms with Gasteiger partial charge in [0.1, 0.15) is 0 Å². The first-order chi connectivity index (χ1) is 14.0. The van der Waals surface area contributed by atoms with Crippen molar-refractivity contribution < 1.29 is 13.2 Å². The van der Waals surface area contributed by atoms with Gasteiger partial charge in [0.15, 0.2) is 10.8 Å². The SMILES string of the molecule is C=CCN(c1nc(-c2ccccc2)cc(C(F)(F)F)n1)c1nc2ccccc2s1. The van der Waals surface area contributed by atoms with Crippen LogP contribution in [0.2, 0.25) is 0 Å². The van der Waals surface area contributed by atoms with E-state index in [2.05, 4.69) is 21.5 Å². The molecule has 2 aromatic heterocycles. The average molecular weight is 412 g/mol. The molecule has 4 nitrogen and oxygen atoms in total. The molecule has 0 fully saturated rings. The van der Waals surface area contributed by atoms with Crippen molar-refractivity contribution in [2.24, 2.45) is 0 Å². The van der Waals surface area contributed by atoms with E-state index in [4.69, 9.17) is 0 Å². The lowest BCUT2D eigenvalue weighted by molar-refractivity contribution is -0.141. The van der Waals surface area contributed by atoms with Crippen LogP contribution in [0.15, 0.2) is 73.3 Å². The Morgan fingerprint density at radius 1 is 0.966 bits per heavy atom. The minimum Gasteiger partial charge on any atom is -0.282 e. The van der Waals surface area contributed by atoms with Crippen LogP contribution in [0.3, 0.4) is 0 Å². The molecule has 0 aliphatic rings. The van der Waals surface area contributed by atoms with Crippen LogP contribution < -0.4 is 4.90 Å². The number of nitrogens with zero attached hydrogens (tertiary/aromatic N) is 4. The highest BCUT2D eigenvalue weighted by molar-refractivity contribution is 7.22. The van der Waals surface area contributed by atoms with Gasteiger partial charge < -0.3 is 0 Å². The molecule has 0 radical (unpaired) electrons. The lowest BCUT2D eigenvalue weighted by Gasteiger charge is -2.20. The van der Waals surface area contributed by atoms with Crippen LogP contribution in [0.1, 0.15) is 5.69 Å². The van der Waals surface area contributed by atoms with Gasteiger partial charge in [-0.15, -0.1) is 6.58 Å². The van der Waals surface area contributed by atoms with Crippen LogP contribution in [0.25, 0.3) is 21.5 Å². The Kier molecular flexibility index (Phi) is 5.02. The standard InChI is InChI=1S/C21H15F3N4S/c1-2-12-28(20-26-15-10-6-7-11-17(15)29-20)19-25-16(14-8-4-3-5-9-14)13-18(27-19)21(22,23)24/h2-11,13H,1,12H2. The first-order valence-electron chi connectivity index (χ1n) is 8.71. The molecule has 0 aliphatic heterocycles. The second-order valence-corrected chi connectivity index (χ2v) is 7.17. The molecule has 0 aliphatic carbocycles. The quantitative estimate of drug-likeness (QED) is 0.372. The molecule has 0 atom stereocenters. The van der Waals surface area contributed by atoms with E-state index in [-0.39, 0.29) is 18.2 Å². The fraction of sp³-hybridized carbons (Fsp3) is 0.0952. The molecule has 0 saturated heterocycles. The molecule has 0 N–H and O–H groups in total.